The van der Waals surface area contributed by atoms with Crippen LogP contribution >= 0.6 is 0 Å². The van der Waals surface area contributed by atoms with Gasteiger partial charge in [0.25, 0.3) is 10.1 Å². The van der Waals surface area contributed by atoms with Crippen LogP contribution in [0.5, 0.6) is 11.5 Å². The van der Waals surface area contributed by atoms with Crippen LogP contribution < -0.4 is 4.74 Å². The Morgan fingerprint density at radius 1 is 0.840 bits per heavy atom. The fraction of sp³-hybridized carbons (Fsp3) is 0.333. The molecule has 0 radical (unpaired) electrons. The van der Waals surface area contributed by atoms with Gasteiger partial charge in [-0.2, -0.15) is 8.42 Å². The van der Waals surface area contributed by atoms with Crippen molar-refractivity contribution in [3.05, 3.63) is 53.1 Å². The Balaban J connectivity index is 2.46. The highest BCUT2D eigenvalue weighted by Crippen LogP contribution is 2.32. The molecule has 2 rings (SSSR count). The molecule has 0 saturated carbocycles. The Hall–Kier alpha value is -1.99. The summed E-state index contributed by atoms with van der Waals surface area (Å²) in [6.07, 6.45) is 0. The van der Waals surface area contributed by atoms with Gasteiger partial charge in [-0.1, -0.05) is 33.8 Å². The number of rotatable bonds is 5. The van der Waals surface area contributed by atoms with Gasteiger partial charge in [0, 0.05) is 12.1 Å². The summed E-state index contributed by atoms with van der Waals surface area (Å²) in [5.41, 5.74) is 2.02. The molecule has 2 aromatic carbocycles. The minimum absolute atomic E-state index is 0.196. The Labute approximate surface area is 146 Å². The first-order chi connectivity index (χ1) is 11.5. The predicted molar refractivity (Wildman–Crippen MR) is 90.9 cm³/mol. The second-order valence-electron chi connectivity index (χ2n) is 6.44. The lowest BCUT2D eigenvalue weighted by Gasteiger charge is -2.15. The van der Waals surface area contributed by atoms with E-state index in [2.05, 4.69) is 0 Å². The zero-order valence-corrected chi connectivity index (χ0v) is 15.2. The van der Waals surface area contributed by atoms with Gasteiger partial charge < -0.3 is 4.74 Å². The number of benzene rings is 2. The third-order valence-electron chi connectivity index (χ3n) is 3.75. The second kappa shape index (κ2) is 7.09. The molecular weight excluding hydrogens is 350 g/mol. The van der Waals surface area contributed by atoms with E-state index in [1.165, 1.54) is 0 Å². The van der Waals surface area contributed by atoms with Gasteiger partial charge in [0.1, 0.15) is 11.5 Å². The lowest BCUT2D eigenvalue weighted by atomic mass is 9.95. The molecule has 0 saturated heterocycles. The Bertz CT molecular complexity index is 841. The van der Waals surface area contributed by atoms with Crippen LogP contribution in [0, 0.1) is 11.6 Å². The monoisotopic (exact) mass is 370 g/mol. The maximum absolute atomic E-state index is 13.9. The first-order valence-corrected chi connectivity index (χ1v) is 9.22. The largest absolute Gasteiger partial charge is 0.457 e. The average molecular weight is 370 g/mol. The standard InChI is InChI=1S/C18H20F2O4S/c1-10(2)12-5-13(11(3)4)7-14(6-12)24-15-8-16(19)18(17(20)9-15)25(21,22)23/h5-11H,1-4H3,(H,21,22,23). The molecule has 0 amide bonds. The molecule has 136 valence electrons. The average Bonchev–Trinajstić information content (AvgIpc) is 2.44. The maximum Gasteiger partial charge on any atom is 0.300 e. The summed E-state index contributed by atoms with van der Waals surface area (Å²) in [4.78, 5) is -1.39. The normalized spacial score (nSPS) is 12.0. The molecular formula is C18H20F2O4S. The van der Waals surface area contributed by atoms with Gasteiger partial charge in [0.05, 0.1) is 0 Å². The highest BCUT2D eigenvalue weighted by molar-refractivity contribution is 7.85. The summed E-state index contributed by atoms with van der Waals surface area (Å²) in [6.45, 7) is 8.07. The Morgan fingerprint density at radius 3 is 1.60 bits per heavy atom. The van der Waals surface area contributed by atoms with Gasteiger partial charge in [0.15, 0.2) is 16.5 Å². The van der Waals surface area contributed by atoms with Gasteiger partial charge in [-0.25, -0.2) is 8.78 Å². The van der Waals surface area contributed by atoms with Gasteiger partial charge in [-0.3, -0.25) is 4.55 Å². The van der Waals surface area contributed by atoms with E-state index in [1.54, 1.807) is 12.1 Å². The molecule has 7 heteroatoms. The fourth-order valence-electron chi connectivity index (χ4n) is 2.35. The molecule has 0 aliphatic rings. The van der Waals surface area contributed by atoms with Crippen LogP contribution in [0.2, 0.25) is 0 Å². The lowest BCUT2D eigenvalue weighted by molar-refractivity contribution is 0.440. The van der Waals surface area contributed by atoms with Crippen LogP contribution in [-0.4, -0.2) is 13.0 Å². The van der Waals surface area contributed by atoms with E-state index in [1.807, 2.05) is 33.8 Å². The van der Waals surface area contributed by atoms with E-state index in [0.717, 1.165) is 23.3 Å². The van der Waals surface area contributed by atoms with Crippen LogP contribution in [0.1, 0.15) is 50.7 Å². The van der Waals surface area contributed by atoms with Gasteiger partial charge >= 0.3 is 0 Å². The highest BCUT2D eigenvalue weighted by atomic mass is 32.2. The van der Waals surface area contributed by atoms with Gasteiger partial charge in [0.2, 0.25) is 0 Å². The van der Waals surface area contributed by atoms with Crippen molar-refractivity contribution in [3.8, 4) is 11.5 Å². The molecule has 4 nitrogen and oxygen atoms in total. The zero-order valence-electron chi connectivity index (χ0n) is 14.4. The molecule has 0 aromatic heterocycles. The summed E-state index contributed by atoms with van der Waals surface area (Å²) in [7, 11) is -5.00. The number of hydrogen-bond donors (Lipinski definition) is 1. The molecule has 0 aliphatic heterocycles. The molecule has 25 heavy (non-hydrogen) atoms. The van der Waals surface area contributed by atoms with E-state index in [0.29, 0.717) is 5.75 Å². The minimum Gasteiger partial charge on any atom is -0.457 e. The SMILES string of the molecule is CC(C)c1cc(Oc2cc(F)c(S(=O)(=O)O)c(F)c2)cc(C(C)C)c1. The van der Waals surface area contributed by atoms with Crippen LogP contribution in [0.4, 0.5) is 8.78 Å². The van der Waals surface area contributed by atoms with E-state index < -0.39 is 26.6 Å². The van der Waals surface area contributed by atoms with Gasteiger partial charge in [-0.15, -0.1) is 0 Å². The highest BCUT2D eigenvalue weighted by Gasteiger charge is 2.23. The smallest absolute Gasteiger partial charge is 0.300 e. The van der Waals surface area contributed by atoms with Gasteiger partial charge in [-0.05, 0) is 35.1 Å². The van der Waals surface area contributed by atoms with Crippen molar-refractivity contribution in [2.45, 2.75) is 44.4 Å². The second-order valence-corrected chi connectivity index (χ2v) is 7.80. The van der Waals surface area contributed by atoms with Crippen molar-refractivity contribution in [2.75, 3.05) is 0 Å². The van der Waals surface area contributed by atoms with Crippen LogP contribution in [0.25, 0.3) is 0 Å². The molecule has 0 aliphatic carbocycles. The lowest BCUT2D eigenvalue weighted by Crippen LogP contribution is -2.05. The third-order valence-corrected chi connectivity index (χ3v) is 4.66. The van der Waals surface area contributed by atoms with Crippen LogP contribution in [0.3, 0.4) is 0 Å². The minimum atomic E-state index is -5.00. The van der Waals surface area contributed by atoms with Crippen molar-refractivity contribution < 1.29 is 26.5 Å². The van der Waals surface area contributed by atoms with E-state index >= 15 is 0 Å². The molecule has 0 heterocycles. The Morgan fingerprint density at radius 2 is 1.24 bits per heavy atom. The summed E-state index contributed by atoms with van der Waals surface area (Å²) in [5, 5.41) is 0. The Kier molecular flexibility index (Phi) is 5.49. The number of halogens is 2. The van der Waals surface area contributed by atoms with E-state index in [4.69, 9.17) is 9.29 Å². The van der Waals surface area contributed by atoms with Crippen molar-refractivity contribution in [3.63, 3.8) is 0 Å². The van der Waals surface area contributed by atoms with E-state index in [-0.39, 0.29) is 17.6 Å². The predicted octanol–water partition coefficient (Wildman–Crippen LogP) is 5.25. The molecule has 0 fully saturated rings. The first kappa shape index (κ1) is 19.3. The molecule has 0 unspecified atom stereocenters. The summed E-state index contributed by atoms with van der Waals surface area (Å²) >= 11 is 0. The molecule has 2 aromatic rings. The molecule has 0 atom stereocenters. The third kappa shape index (κ3) is 4.55. The quantitative estimate of drug-likeness (QED) is 0.730. The number of ether oxygens (including phenoxy) is 1. The summed E-state index contributed by atoms with van der Waals surface area (Å²) in [6, 6.07) is 7.03. The first-order valence-electron chi connectivity index (χ1n) is 7.78. The zero-order chi connectivity index (χ0) is 18.9. The summed E-state index contributed by atoms with van der Waals surface area (Å²) < 4.78 is 64.2. The topological polar surface area (TPSA) is 63.6 Å². The van der Waals surface area contributed by atoms with E-state index in [9.17, 15) is 17.2 Å². The van der Waals surface area contributed by atoms with Crippen LogP contribution in [-0.2, 0) is 10.1 Å². The van der Waals surface area contributed by atoms with Crippen LogP contribution in [0.15, 0.2) is 35.2 Å². The number of hydrogen-bond acceptors (Lipinski definition) is 3. The maximum atomic E-state index is 13.9. The van der Waals surface area contributed by atoms with Crippen molar-refractivity contribution >= 4 is 10.1 Å². The molecule has 0 bridgehead atoms. The van der Waals surface area contributed by atoms with Crippen molar-refractivity contribution in [2.24, 2.45) is 0 Å². The van der Waals surface area contributed by atoms with Crippen molar-refractivity contribution in [1.82, 2.24) is 0 Å². The fourth-order valence-corrected chi connectivity index (χ4v) is 2.96. The van der Waals surface area contributed by atoms with Crippen molar-refractivity contribution in [1.29, 1.82) is 0 Å². The molecule has 1 N–H and O–H groups in total. The summed E-state index contributed by atoms with van der Waals surface area (Å²) in [5.74, 6) is -2.16. The molecule has 0 spiro atoms.